The average molecular weight is 347 g/mol. The molecule has 26 heavy (non-hydrogen) atoms. The maximum Gasteiger partial charge on any atom is 0.163 e. The number of aromatic hydroxyl groups is 1. The van der Waals surface area contributed by atoms with Crippen LogP contribution < -0.4 is 9.80 Å². The first-order valence-electron chi connectivity index (χ1n) is 8.75. The Hall–Kier alpha value is -3.15. The standard InChI is InChI=1S/C20H21N5O/c1-15-13-19(23-20(22-15)16-5-4-8-21-14-16)25-11-9-24(10-12-25)17-6-2-3-7-18(17)26/h2-8,13-14,26H,9-12H2,1H3. The fourth-order valence-electron chi connectivity index (χ4n) is 3.25. The van der Waals surface area contributed by atoms with Crippen molar-refractivity contribution in [1.29, 1.82) is 0 Å². The number of anilines is 2. The van der Waals surface area contributed by atoms with Crippen LogP contribution in [0, 0.1) is 6.92 Å². The molecule has 132 valence electrons. The van der Waals surface area contributed by atoms with Crippen LogP contribution in [0.25, 0.3) is 11.4 Å². The van der Waals surface area contributed by atoms with Crippen molar-refractivity contribution < 1.29 is 5.11 Å². The minimum absolute atomic E-state index is 0.331. The van der Waals surface area contributed by atoms with Gasteiger partial charge in [0.15, 0.2) is 5.82 Å². The Morgan fingerprint density at radius 1 is 0.923 bits per heavy atom. The van der Waals surface area contributed by atoms with E-state index in [4.69, 9.17) is 4.98 Å². The Labute approximate surface area is 152 Å². The first-order chi connectivity index (χ1) is 12.7. The van der Waals surface area contributed by atoms with E-state index in [0.717, 1.165) is 48.9 Å². The molecule has 0 radical (unpaired) electrons. The molecular formula is C20H21N5O. The summed E-state index contributed by atoms with van der Waals surface area (Å²) in [6, 6.07) is 13.4. The number of hydrogen-bond acceptors (Lipinski definition) is 6. The molecule has 1 aliphatic heterocycles. The van der Waals surface area contributed by atoms with Gasteiger partial charge in [0.05, 0.1) is 5.69 Å². The van der Waals surface area contributed by atoms with Gasteiger partial charge in [-0.3, -0.25) is 4.98 Å². The van der Waals surface area contributed by atoms with Crippen LogP contribution in [0.3, 0.4) is 0 Å². The molecule has 6 heteroatoms. The van der Waals surface area contributed by atoms with Crippen molar-refractivity contribution in [2.24, 2.45) is 0 Å². The lowest BCUT2D eigenvalue weighted by atomic mass is 10.2. The highest BCUT2D eigenvalue weighted by Crippen LogP contribution is 2.28. The van der Waals surface area contributed by atoms with Crippen LogP contribution >= 0.6 is 0 Å². The zero-order valence-electron chi connectivity index (χ0n) is 14.7. The summed E-state index contributed by atoms with van der Waals surface area (Å²) in [6.07, 6.45) is 3.53. The Morgan fingerprint density at radius 2 is 1.69 bits per heavy atom. The summed E-state index contributed by atoms with van der Waals surface area (Å²) in [5, 5.41) is 10.1. The number of aryl methyl sites for hydroxylation is 1. The Balaban J connectivity index is 1.53. The minimum Gasteiger partial charge on any atom is -0.506 e. The second kappa shape index (κ2) is 7.00. The predicted octanol–water partition coefficient (Wildman–Crippen LogP) is 2.88. The van der Waals surface area contributed by atoms with Gasteiger partial charge in [0.2, 0.25) is 0 Å². The van der Waals surface area contributed by atoms with Crippen molar-refractivity contribution in [2.45, 2.75) is 6.92 Å². The van der Waals surface area contributed by atoms with Crippen LogP contribution in [-0.4, -0.2) is 46.2 Å². The van der Waals surface area contributed by atoms with Crippen LogP contribution in [0.5, 0.6) is 5.75 Å². The van der Waals surface area contributed by atoms with Crippen LogP contribution in [0.1, 0.15) is 5.69 Å². The summed E-state index contributed by atoms with van der Waals surface area (Å²) in [4.78, 5) is 17.9. The van der Waals surface area contributed by atoms with Gasteiger partial charge < -0.3 is 14.9 Å². The predicted molar refractivity (Wildman–Crippen MR) is 103 cm³/mol. The van der Waals surface area contributed by atoms with E-state index < -0.39 is 0 Å². The number of phenolic OH excluding ortho intramolecular Hbond substituents is 1. The molecular weight excluding hydrogens is 326 g/mol. The average Bonchev–Trinajstić information content (AvgIpc) is 2.69. The molecule has 1 N–H and O–H groups in total. The number of benzene rings is 1. The van der Waals surface area contributed by atoms with E-state index in [1.54, 1.807) is 18.5 Å². The Morgan fingerprint density at radius 3 is 2.42 bits per heavy atom. The zero-order valence-corrected chi connectivity index (χ0v) is 14.7. The molecule has 1 fully saturated rings. The molecule has 0 aliphatic carbocycles. The third-order valence-corrected chi connectivity index (χ3v) is 4.59. The van der Waals surface area contributed by atoms with Gasteiger partial charge >= 0.3 is 0 Å². The van der Waals surface area contributed by atoms with Crippen molar-refractivity contribution >= 4 is 11.5 Å². The van der Waals surface area contributed by atoms with Crippen molar-refractivity contribution in [2.75, 3.05) is 36.0 Å². The largest absolute Gasteiger partial charge is 0.506 e. The smallest absolute Gasteiger partial charge is 0.163 e. The molecule has 0 bridgehead atoms. The molecule has 4 rings (SSSR count). The normalized spacial score (nSPS) is 14.5. The lowest BCUT2D eigenvalue weighted by Gasteiger charge is -2.37. The van der Waals surface area contributed by atoms with Gasteiger partial charge in [-0.2, -0.15) is 0 Å². The highest BCUT2D eigenvalue weighted by atomic mass is 16.3. The zero-order chi connectivity index (χ0) is 17.9. The minimum atomic E-state index is 0.331. The van der Waals surface area contributed by atoms with Gasteiger partial charge in [-0.15, -0.1) is 0 Å². The summed E-state index contributed by atoms with van der Waals surface area (Å²) in [5.74, 6) is 1.97. The second-order valence-corrected chi connectivity index (χ2v) is 6.40. The number of pyridine rings is 1. The number of phenols is 1. The molecule has 3 heterocycles. The fourth-order valence-corrected chi connectivity index (χ4v) is 3.25. The maximum atomic E-state index is 10.1. The van der Waals surface area contributed by atoms with Crippen LogP contribution in [0.4, 0.5) is 11.5 Å². The van der Waals surface area contributed by atoms with E-state index in [1.807, 2.05) is 43.3 Å². The van der Waals surface area contributed by atoms with E-state index in [1.165, 1.54) is 0 Å². The van der Waals surface area contributed by atoms with Gasteiger partial charge in [0.25, 0.3) is 0 Å². The third kappa shape index (κ3) is 3.31. The summed E-state index contributed by atoms with van der Waals surface area (Å²) in [5.41, 5.74) is 2.75. The Kier molecular flexibility index (Phi) is 4.39. The summed E-state index contributed by atoms with van der Waals surface area (Å²) < 4.78 is 0. The first-order valence-corrected chi connectivity index (χ1v) is 8.75. The number of hydrogen-bond donors (Lipinski definition) is 1. The topological polar surface area (TPSA) is 65.4 Å². The number of piperazine rings is 1. The van der Waals surface area contributed by atoms with Crippen molar-refractivity contribution in [3.8, 4) is 17.1 Å². The van der Waals surface area contributed by atoms with Crippen LogP contribution in [0.2, 0.25) is 0 Å². The maximum absolute atomic E-state index is 10.1. The third-order valence-electron chi connectivity index (χ3n) is 4.59. The molecule has 1 aliphatic rings. The molecule has 0 amide bonds. The summed E-state index contributed by atoms with van der Waals surface area (Å²) >= 11 is 0. The highest BCUT2D eigenvalue weighted by molar-refractivity contribution is 5.60. The SMILES string of the molecule is Cc1cc(N2CCN(c3ccccc3O)CC2)nc(-c2cccnc2)n1. The quantitative estimate of drug-likeness (QED) is 0.786. The highest BCUT2D eigenvalue weighted by Gasteiger charge is 2.21. The molecule has 0 saturated carbocycles. The Bertz CT molecular complexity index is 892. The molecule has 3 aromatic rings. The van der Waals surface area contributed by atoms with Crippen LogP contribution in [-0.2, 0) is 0 Å². The molecule has 0 unspecified atom stereocenters. The number of aromatic nitrogens is 3. The fraction of sp³-hybridized carbons (Fsp3) is 0.250. The molecule has 1 aromatic carbocycles. The van der Waals surface area contributed by atoms with Gasteiger partial charge in [0, 0.05) is 55.9 Å². The van der Waals surface area contributed by atoms with E-state index in [-0.39, 0.29) is 0 Å². The summed E-state index contributed by atoms with van der Waals surface area (Å²) in [7, 11) is 0. The molecule has 2 aromatic heterocycles. The van der Waals surface area contributed by atoms with Crippen molar-refractivity contribution in [3.05, 3.63) is 60.6 Å². The molecule has 6 nitrogen and oxygen atoms in total. The van der Waals surface area contributed by atoms with E-state index in [2.05, 4.69) is 19.8 Å². The number of para-hydroxylation sites is 2. The summed E-state index contributed by atoms with van der Waals surface area (Å²) in [6.45, 7) is 5.35. The van der Waals surface area contributed by atoms with Crippen molar-refractivity contribution in [3.63, 3.8) is 0 Å². The van der Waals surface area contributed by atoms with Crippen LogP contribution in [0.15, 0.2) is 54.9 Å². The lowest BCUT2D eigenvalue weighted by molar-refractivity contribution is 0.472. The van der Waals surface area contributed by atoms with E-state index in [0.29, 0.717) is 11.6 Å². The van der Waals surface area contributed by atoms with Gasteiger partial charge in [-0.1, -0.05) is 12.1 Å². The number of rotatable bonds is 3. The van der Waals surface area contributed by atoms with Gasteiger partial charge in [-0.05, 0) is 31.2 Å². The van der Waals surface area contributed by atoms with Gasteiger partial charge in [-0.25, -0.2) is 9.97 Å². The molecule has 0 spiro atoms. The molecule has 0 atom stereocenters. The number of nitrogens with zero attached hydrogens (tertiary/aromatic N) is 5. The monoisotopic (exact) mass is 347 g/mol. The first kappa shape index (κ1) is 16.3. The van der Waals surface area contributed by atoms with E-state index >= 15 is 0 Å². The van der Waals surface area contributed by atoms with Gasteiger partial charge in [0.1, 0.15) is 11.6 Å². The van der Waals surface area contributed by atoms with E-state index in [9.17, 15) is 5.11 Å². The molecule has 1 saturated heterocycles. The lowest BCUT2D eigenvalue weighted by Crippen LogP contribution is -2.46. The van der Waals surface area contributed by atoms with Crippen molar-refractivity contribution in [1.82, 2.24) is 15.0 Å². The second-order valence-electron chi connectivity index (χ2n) is 6.40.